The van der Waals surface area contributed by atoms with Crippen LogP contribution in [0.5, 0.6) is 0 Å². The highest BCUT2D eigenvalue weighted by Crippen LogP contribution is 2.35. The molecular formula is C21H28N2O4. The van der Waals surface area contributed by atoms with Crippen molar-refractivity contribution in [2.75, 3.05) is 26.8 Å². The third kappa shape index (κ3) is 4.39. The summed E-state index contributed by atoms with van der Waals surface area (Å²) >= 11 is 0. The van der Waals surface area contributed by atoms with E-state index in [1.807, 2.05) is 25.1 Å². The number of nitrogens with zero attached hydrogens (tertiary/aromatic N) is 1. The number of hydrogen-bond acceptors (Lipinski definition) is 4. The quantitative estimate of drug-likeness (QED) is 0.730. The van der Waals surface area contributed by atoms with Gasteiger partial charge in [-0.25, -0.2) is 0 Å². The number of H-pyrrole nitrogens is 1. The largest absolute Gasteiger partial charge is 0.481 e. The smallest absolute Gasteiger partial charge is 0.310 e. The highest BCUT2D eigenvalue weighted by atomic mass is 16.5. The Balaban J connectivity index is 1.80. The molecule has 1 aliphatic rings. The Morgan fingerprint density at radius 3 is 2.93 bits per heavy atom. The highest BCUT2D eigenvalue weighted by molar-refractivity contribution is 5.79. The van der Waals surface area contributed by atoms with Crippen LogP contribution in [0.4, 0.5) is 0 Å². The Morgan fingerprint density at radius 2 is 2.19 bits per heavy atom. The molecule has 1 fully saturated rings. The van der Waals surface area contributed by atoms with Crippen LogP contribution in [0.25, 0.3) is 10.9 Å². The third-order valence-corrected chi connectivity index (χ3v) is 5.58. The molecule has 27 heavy (non-hydrogen) atoms. The van der Waals surface area contributed by atoms with Crippen molar-refractivity contribution in [3.05, 3.63) is 45.7 Å². The lowest BCUT2D eigenvalue weighted by Crippen LogP contribution is -2.48. The summed E-state index contributed by atoms with van der Waals surface area (Å²) in [7, 11) is 1.63. The van der Waals surface area contributed by atoms with Gasteiger partial charge < -0.3 is 14.8 Å². The van der Waals surface area contributed by atoms with Gasteiger partial charge in [0.1, 0.15) is 0 Å². The molecule has 6 heteroatoms. The number of methoxy groups -OCH3 is 1. The molecule has 1 saturated heterocycles. The van der Waals surface area contributed by atoms with E-state index in [1.165, 1.54) is 0 Å². The first-order chi connectivity index (χ1) is 12.9. The number of aromatic nitrogens is 1. The van der Waals surface area contributed by atoms with Crippen LogP contribution < -0.4 is 5.56 Å². The van der Waals surface area contributed by atoms with Gasteiger partial charge in [0.2, 0.25) is 0 Å². The molecule has 0 spiro atoms. The monoisotopic (exact) mass is 372 g/mol. The first-order valence-corrected chi connectivity index (χ1v) is 9.51. The maximum atomic E-state index is 12.5. The van der Waals surface area contributed by atoms with E-state index in [4.69, 9.17) is 4.74 Å². The van der Waals surface area contributed by atoms with E-state index in [0.29, 0.717) is 38.1 Å². The van der Waals surface area contributed by atoms with E-state index in [2.05, 4.69) is 16.0 Å². The second-order valence-electron chi connectivity index (χ2n) is 7.71. The normalized spacial score (nSPS) is 20.8. The summed E-state index contributed by atoms with van der Waals surface area (Å²) in [6.07, 6.45) is 2.83. The topological polar surface area (TPSA) is 82.6 Å². The van der Waals surface area contributed by atoms with Gasteiger partial charge in [-0.3, -0.25) is 14.5 Å². The number of aromatic amines is 1. The standard InChI is InChI=1S/C21H28N2O4/c1-15-5-6-18-16(11-15)12-17(19(24)22-18)13-23-9-3-7-21(14-23,20(25)26)8-4-10-27-2/h5-6,11-12H,3-4,7-10,13-14H2,1-2H3,(H,22,24)(H,25,26)/t21-/m1/s1. The summed E-state index contributed by atoms with van der Waals surface area (Å²) in [5.41, 5.74) is 1.80. The molecule has 3 rings (SSSR count). The molecule has 0 aliphatic carbocycles. The predicted molar refractivity (Wildman–Crippen MR) is 105 cm³/mol. The predicted octanol–water partition coefficient (Wildman–Crippen LogP) is 2.93. The molecule has 0 amide bonds. The number of carboxylic acids is 1. The summed E-state index contributed by atoms with van der Waals surface area (Å²) in [6, 6.07) is 7.88. The molecule has 0 radical (unpaired) electrons. The number of aliphatic carboxylic acids is 1. The van der Waals surface area contributed by atoms with Gasteiger partial charge in [-0.1, -0.05) is 11.6 Å². The van der Waals surface area contributed by atoms with Gasteiger partial charge in [-0.05, 0) is 62.7 Å². The van der Waals surface area contributed by atoms with Crippen LogP contribution in [-0.4, -0.2) is 47.8 Å². The number of fused-ring (bicyclic) bond motifs is 1. The SMILES string of the molecule is COCCC[C@]1(C(=O)O)CCCN(Cc2cc3cc(C)ccc3[nH]c2=O)C1. The lowest BCUT2D eigenvalue weighted by molar-refractivity contribution is -0.153. The average Bonchev–Trinajstić information content (AvgIpc) is 2.63. The molecule has 146 valence electrons. The van der Waals surface area contributed by atoms with Crippen molar-refractivity contribution >= 4 is 16.9 Å². The van der Waals surface area contributed by atoms with E-state index in [9.17, 15) is 14.7 Å². The van der Waals surface area contributed by atoms with Crippen LogP contribution in [0.15, 0.2) is 29.1 Å². The summed E-state index contributed by atoms with van der Waals surface area (Å²) in [5, 5.41) is 10.9. The van der Waals surface area contributed by atoms with Gasteiger partial charge in [-0.15, -0.1) is 0 Å². The number of benzene rings is 1. The summed E-state index contributed by atoms with van der Waals surface area (Å²) in [4.78, 5) is 29.5. The number of rotatable bonds is 7. The van der Waals surface area contributed by atoms with Gasteiger partial charge in [0.25, 0.3) is 5.56 Å². The molecular weight excluding hydrogens is 344 g/mol. The molecule has 2 aromatic rings. The van der Waals surface area contributed by atoms with Crippen LogP contribution in [0.2, 0.25) is 0 Å². The van der Waals surface area contributed by atoms with Crippen molar-refractivity contribution < 1.29 is 14.6 Å². The second kappa shape index (κ2) is 8.23. The van der Waals surface area contributed by atoms with Crippen molar-refractivity contribution in [2.24, 2.45) is 5.41 Å². The molecule has 1 aromatic heterocycles. The fourth-order valence-corrected chi connectivity index (χ4v) is 4.13. The first-order valence-electron chi connectivity index (χ1n) is 9.51. The van der Waals surface area contributed by atoms with Crippen LogP contribution in [-0.2, 0) is 16.1 Å². The van der Waals surface area contributed by atoms with E-state index in [1.54, 1.807) is 7.11 Å². The number of ether oxygens (including phenoxy) is 1. The van der Waals surface area contributed by atoms with Crippen LogP contribution in [0, 0.1) is 12.3 Å². The molecule has 0 bridgehead atoms. The lowest BCUT2D eigenvalue weighted by Gasteiger charge is -2.40. The number of aryl methyl sites for hydroxylation is 1. The average molecular weight is 372 g/mol. The Hall–Kier alpha value is -2.18. The molecule has 2 heterocycles. The van der Waals surface area contributed by atoms with Gasteiger partial charge in [0.15, 0.2) is 0 Å². The number of pyridine rings is 1. The van der Waals surface area contributed by atoms with Crippen molar-refractivity contribution in [3.63, 3.8) is 0 Å². The minimum atomic E-state index is -0.753. The van der Waals surface area contributed by atoms with E-state index < -0.39 is 11.4 Å². The fourth-order valence-electron chi connectivity index (χ4n) is 4.13. The van der Waals surface area contributed by atoms with Crippen molar-refractivity contribution in [1.82, 2.24) is 9.88 Å². The Kier molecular flexibility index (Phi) is 5.97. The first kappa shape index (κ1) is 19.6. The minimum Gasteiger partial charge on any atom is -0.481 e. The van der Waals surface area contributed by atoms with Gasteiger partial charge in [-0.2, -0.15) is 0 Å². The van der Waals surface area contributed by atoms with Gasteiger partial charge in [0.05, 0.1) is 5.41 Å². The Labute approximate surface area is 159 Å². The minimum absolute atomic E-state index is 0.0998. The van der Waals surface area contributed by atoms with Gasteiger partial charge >= 0.3 is 5.97 Å². The Bertz CT molecular complexity index is 876. The van der Waals surface area contributed by atoms with E-state index in [-0.39, 0.29) is 5.56 Å². The van der Waals surface area contributed by atoms with Gasteiger partial charge in [0, 0.05) is 37.9 Å². The van der Waals surface area contributed by atoms with Crippen molar-refractivity contribution in [1.29, 1.82) is 0 Å². The molecule has 2 N–H and O–H groups in total. The summed E-state index contributed by atoms with van der Waals surface area (Å²) in [5.74, 6) is -0.744. The zero-order valence-corrected chi connectivity index (χ0v) is 16.1. The molecule has 6 nitrogen and oxygen atoms in total. The number of carboxylic acid groups (broad SMARTS) is 1. The number of piperidine rings is 1. The molecule has 0 saturated carbocycles. The Morgan fingerprint density at radius 1 is 1.37 bits per heavy atom. The maximum absolute atomic E-state index is 12.5. The third-order valence-electron chi connectivity index (χ3n) is 5.58. The lowest BCUT2D eigenvalue weighted by atomic mass is 9.76. The zero-order valence-electron chi connectivity index (χ0n) is 16.1. The number of likely N-dealkylation sites (tertiary alicyclic amines) is 1. The number of nitrogens with one attached hydrogen (secondary N) is 1. The number of carbonyl (C=O) groups is 1. The van der Waals surface area contributed by atoms with Crippen LogP contribution in [0.3, 0.4) is 0 Å². The van der Waals surface area contributed by atoms with Crippen molar-refractivity contribution in [2.45, 2.75) is 39.2 Å². The molecule has 1 aromatic carbocycles. The molecule has 1 atom stereocenters. The number of hydrogen-bond donors (Lipinski definition) is 2. The van der Waals surface area contributed by atoms with Crippen molar-refractivity contribution in [3.8, 4) is 0 Å². The van der Waals surface area contributed by atoms with Crippen LogP contribution in [0.1, 0.15) is 36.8 Å². The van der Waals surface area contributed by atoms with Crippen LogP contribution >= 0.6 is 0 Å². The van der Waals surface area contributed by atoms with E-state index in [0.717, 1.165) is 35.9 Å². The molecule has 0 unspecified atom stereocenters. The summed E-state index contributed by atoms with van der Waals surface area (Å²) < 4.78 is 5.09. The zero-order chi connectivity index (χ0) is 19.4. The maximum Gasteiger partial charge on any atom is 0.310 e. The second-order valence-corrected chi connectivity index (χ2v) is 7.71. The molecule has 1 aliphatic heterocycles. The van der Waals surface area contributed by atoms with E-state index >= 15 is 0 Å². The fraction of sp³-hybridized carbons (Fsp3) is 0.524. The highest BCUT2D eigenvalue weighted by Gasteiger charge is 2.41. The summed E-state index contributed by atoms with van der Waals surface area (Å²) in [6.45, 7) is 4.34.